The Hall–Kier alpha value is -4.30. The number of carbonyl (C=O) groups excluding carboxylic acids is 2. The lowest BCUT2D eigenvalue weighted by atomic mass is 9.81. The molecule has 0 spiro atoms. The number of urea groups is 1. The van der Waals surface area contributed by atoms with Crippen LogP contribution in [-0.4, -0.2) is 70.6 Å². The highest BCUT2D eigenvalue weighted by Crippen LogP contribution is 2.35. The van der Waals surface area contributed by atoms with Gasteiger partial charge >= 0.3 is 6.03 Å². The lowest BCUT2D eigenvalue weighted by Gasteiger charge is -2.37. The van der Waals surface area contributed by atoms with Gasteiger partial charge in [-0.25, -0.2) is 19.7 Å². The van der Waals surface area contributed by atoms with Gasteiger partial charge in [0.05, 0.1) is 40.0 Å². The van der Waals surface area contributed by atoms with Crippen molar-refractivity contribution >= 4 is 40.0 Å². The maximum absolute atomic E-state index is 12.6. The van der Waals surface area contributed by atoms with E-state index in [0.29, 0.717) is 30.9 Å². The smallest absolute Gasteiger partial charge is 0.327 e. The number of aryl methyl sites for hydroxylation is 1. The van der Waals surface area contributed by atoms with Crippen LogP contribution in [0.1, 0.15) is 41.5 Å². The molecule has 1 saturated heterocycles. The molecule has 2 N–H and O–H groups in total. The molecular formula is C28H31N9O2. The van der Waals surface area contributed by atoms with E-state index < -0.39 is 0 Å². The van der Waals surface area contributed by atoms with Gasteiger partial charge in [-0.05, 0) is 56.5 Å². The van der Waals surface area contributed by atoms with Crippen LogP contribution in [0, 0.1) is 24.2 Å². The van der Waals surface area contributed by atoms with Crippen LogP contribution in [-0.2, 0) is 6.54 Å². The standard InChI is InChI=1S/C28H31N9O2/c1-3-37-26-25-22(30-16-31-26)12-19(13-23(25)34-28(37)39)15-35-6-8-36(9-7-35)24-5-4-21(32-17(24)2)27(38)33-20-10-18(11-20)14-29/h4-5,12-13,16,18,20H,3,6-11,15H2,1-2H3,(H,33,38)(H,34,39). The largest absolute Gasteiger partial charge is 0.368 e. The highest BCUT2D eigenvalue weighted by molar-refractivity contribution is 6.17. The van der Waals surface area contributed by atoms with Gasteiger partial charge in [0.2, 0.25) is 0 Å². The molecule has 11 nitrogen and oxygen atoms in total. The molecule has 1 saturated carbocycles. The average molecular weight is 526 g/mol. The minimum atomic E-state index is -0.179. The molecule has 1 aromatic carbocycles. The molecule has 1 aliphatic carbocycles. The van der Waals surface area contributed by atoms with Crippen molar-refractivity contribution in [1.29, 1.82) is 5.26 Å². The Bertz CT molecular complexity index is 1490. The number of carbonyl (C=O) groups is 2. The second-order valence-corrected chi connectivity index (χ2v) is 10.4. The number of hydrogen-bond acceptors (Lipinski definition) is 8. The molecular weight excluding hydrogens is 494 g/mol. The van der Waals surface area contributed by atoms with E-state index in [-0.39, 0.29) is 23.9 Å². The summed E-state index contributed by atoms with van der Waals surface area (Å²) in [4.78, 5) is 44.9. The van der Waals surface area contributed by atoms with E-state index in [4.69, 9.17) is 5.26 Å². The van der Waals surface area contributed by atoms with Crippen LogP contribution < -0.4 is 20.4 Å². The van der Waals surface area contributed by atoms with Gasteiger partial charge in [-0.2, -0.15) is 5.26 Å². The van der Waals surface area contributed by atoms with Crippen molar-refractivity contribution in [2.75, 3.05) is 47.8 Å². The molecule has 3 amide bonds. The molecule has 39 heavy (non-hydrogen) atoms. The van der Waals surface area contributed by atoms with Crippen LogP contribution in [0.3, 0.4) is 0 Å². The number of anilines is 3. The summed E-state index contributed by atoms with van der Waals surface area (Å²) in [5.74, 6) is 0.528. The third-order valence-electron chi connectivity index (χ3n) is 7.90. The number of benzene rings is 1. The number of hydrogen-bond donors (Lipinski definition) is 2. The molecule has 0 bridgehead atoms. The maximum atomic E-state index is 12.6. The van der Waals surface area contributed by atoms with Crippen molar-refractivity contribution in [3.63, 3.8) is 0 Å². The first-order chi connectivity index (χ1) is 18.9. The topological polar surface area (TPSA) is 130 Å². The van der Waals surface area contributed by atoms with Gasteiger partial charge < -0.3 is 15.5 Å². The Morgan fingerprint density at radius 1 is 1.18 bits per heavy atom. The van der Waals surface area contributed by atoms with Gasteiger partial charge in [-0.3, -0.25) is 14.6 Å². The number of nitriles is 1. The van der Waals surface area contributed by atoms with Crippen molar-refractivity contribution in [1.82, 2.24) is 25.2 Å². The summed E-state index contributed by atoms with van der Waals surface area (Å²) in [6, 6.07) is 10.0. The van der Waals surface area contributed by atoms with Gasteiger partial charge in [0.15, 0.2) is 0 Å². The highest BCUT2D eigenvalue weighted by Gasteiger charge is 2.31. The van der Waals surface area contributed by atoms with Crippen molar-refractivity contribution in [3.05, 3.63) is 47.5 Å². The number of nitrogens with one attached hydrogen (secondary N) is 2. The maximum Gasteiger partial charge on any atom is 0.327 e. The number of piperazine rings is 1. The number of nitrogens with zero attached hydrogens (tertiary/aromatic N) is 7. The van der Waals surface area contributed by atoms with E-state index in [1.54, 1.807) is 11.0 Å². The fraction of sp³-hybridized carbons (Fsp3) is 0.429. The van der Waals surface area contributed by atoms with Crippen LogP contribution in [0.15, 0.2) is 30.6 Å². The number of pyridine rings is 1. The molecule has 11 heteroatoms. The summed E-state index contributed by atoms with van der Waals surface area (Å²) in [5, 5.41) is 15.8. The lowest BCUT2D eigenvalue weighted by molar-refractivity contribution is 0.0899. The minimum Gasteiger partial charge on any atom is -0.368 e. The molecule has 6 rings (SSSR count). The van der Waals surface area contributed by atoms with Crippen LogP contribution in [0.2, 0.25) is 0 Å². The Kier molecular flexibility index (Phi) is 6.48. The predicted octanol–water partition coefficient (Wildman–Crippen LogP) is 3.06. The average Bonchev–Trinajstić information content (AvgIpc) is 2.91. The third kappa shape index (κ3) is 4.72. The number of aromatic nitrogens is 3. The molecule has 3 aromatic rings. The van der Waals surface area contributed by atoms with E-state index in [1.807, 2.05) is 26.0 Å². The SMILES string of the molecule is CCN1C(=O)Nc2cc(CN3CCN(c4ccc(C(=O)NC5CC(C#N)C5)nc4C)CC3)cc3ncnc1c23. The fourth-order valence-electron chi connectivity index (χ4n) is 5.72. The quantitative estimate of drug-likeness (QED) is 0.502. The van der Waals surface area contributed by atoms with Gasteiger partial charge in [0.1, 0.15) is 17.8 Å². The molecule has 0 radical (unpaired) electrons. The Morgan fingerprint density at radius 3 is 2.69 bits per heavy atom. The summed E-state index contributed by atoms with van der Waals surface area (Å²) >= 11 is 0. The van der Waals surface area contributed by atoms with E-state index in [2.05, 4.69) is 47.5 Å². The number of amides is 3. The molecule has 2 aromatic heterocycles. The first-order valence-electron chi connectivity index (χ1n) is 13.4. The lowest BCUT2D eigenvalue weighted by Crippen LogP contribution is -2.46. The van der Waals surface area contributed by atoms with Crippen LogP contribution in [0.4, 0.5) is 22.0 Å². The van der Waals surface area contributed by atoms with E-state index in [0.717, 1.165) is 66.3 Å². The second-order valence-electron chi connectivity index (χ2n) is 10.4. The molecule has 2 fully saturated rings. The van der Waals surface area contributed by atoms with E-state index >= 15 is 0 Å². The molecule has 3 aliphatic rings. The van der Waals surface area contributed by atoms with Crippen molar-refractivity contribution in [3.8, 4) is 6.07 Å². The normalized spacial score (nSPS) is 20.8. The zero-order valence-electron chi connectivity index (χ0n) is 22.1. The molecule has 0 atom stereocenters. The van der Waals surface area contributed by atoms with Crippen molar-refractivity contribution < 1.29 is 9.59 Å². The zero-order chi connectivity index (χ0) is 27.1. The monoisotopic (exact) mass is 525 g/mol. The fourth-order valence-corrected chi connectivity index (χ4v) is 5.72. The van der Waals surface area contributed by atoms with Crippen LogP contribution in [0.25, 0.3) is 10.9 Å². The second kappa shape index (κ2) is 10.1. The van der Waals surface area contributed by atoms with Gasteiger partial charge in [0, 0.05) is 45.3 Å². The van der Waals surface area contributed by atoms with E-state index in [9.17, 15) is 9.59 Å². The van der Waals surface area contributed by atoms with Gasteiger partial charge in [0.25, 0.3) is 5.91 Å². The van der Waals surface area contributed by atoms with Crippen molar-refractivity contribution in [2.24, 2.45) is 5.92 Å². The Labute approximate surface area is 226 Å². The molecule has 4 heterocycles. The van der Waals surface area contributed by atoms with Crippen LogP contribution >= 0.6 is 0 Å². The van der Waals surface area contributed by atoms with E-state index in [1.165, 1.54) is 6.33 Å². The first kappa shape index (κ1) is 25.0. The summed E-state index contributed by atoms with van der Waals surface area (Å²) < 4.78 is 0. The highest BCUT2D eigenvalue weighted by atomic mass is 16.2. The summed E-state index contributed by atoms with van der Waals surface area (Å²) in [6.07, 6.45) is 2.95. The van der Waals surface area contributed by atoms with Crippen LogP contribution in [0.5, 0.6) is 0 Å². The zero-order valence-corrected chi connectivity index (χ0v) is 22.1. The van der Waals surface area contributed by atoms with Gasteiger partial charge in [-0.1, -0.05) is 0 Å². The summed E-state index contributed by atoms with van der Waals surface area (Å²) in [6.45, 7) is 8.62. The summed E-state index contributed by atoms with van der Waals surface area (Å²) in [5.41, 5.74) is 4.98. The van der Waals surface area contributed by atoms with Crippen molar-refractivity contribution in [2.45, 2.75) is 39.3 Å². The molecule has 0 unspecified atom stereocenters. The molecule has 200 valence electrons. The predicted molar refractivity (Wildman–Crippen MR) is 148 cm³/mol. The number of rotatable bonds is 6. The Balaban J connectivity index is 1.09. The third-order valence-corrected chi connectivity index (χ3v) is 7.90. The molecule has 2 aliphatic heterocycles. The minimum absolute atomic E-state index is 0.0506. The van der Waals surface area contributed by atoms with Gasteiger partial charge in [-0.15, -0.1) is 0 Å². The Morgan fingerprint density at radius 2 is 1.97 bits per heavy atom. The summed E-state index contributed by atoms with van der Waals surface area (Å²) in [7, 11) is 0. The first-order valence-corrected chi connectivity index (χ1v) is 13.4.